The molecule has 134 valence electrons. The van der Waals surface area contributed by atoms with Gasteiger partial charge in [-0.1, -0.05) is 60.7 Å². The number of primary sulfonamides is 1. The summed E-state index contributed by atoms with van der Waals surface area (Å²) in [5.41, 5.74) is 4.53. The van der Waals surface area contributed by atoms with Crippen molar-refractivity contribution in [3.05, 3.63) is 91.0 Å². The SMILES string of the molecule is NS(=O)(=O)c1ccc(-n2nc(-c3ccccc3)cc2-c2ccccc2)cc1. The second kappa shape index (κ2) is 6.83. The van der Waals surface area contributed by atoms with E-state index in [0.717, 1.165) is 28.2 Å². The van der Waals surface area contributed by atoms with Gasteiger partial charge in [-0.15, -0.1) is 0 Å². The Hall–Kier alpha value is -3.22. The van der Waals surface area contributed by atoms with Crippen molar-refractivity contribution in [2.75, 3.05) is 0 Å². The van der Waals surface area contributed by atoms with Crippen molar-refractivity contribution in [3.63, 3.8) is 0 Å². The first-order valence-electron chi connectivity index (χ1n) is 8.36. The lowest BCUT2D eigenvalue weighted by Gasteiger charge is -2.08. The van der Waals surface area contributed by atoms with Crippen LogP contribution >= 0.6 is 0 Å². The highest BCUT2D eigenvalue weighted by molar-refractivity contribution is 7.89. The summed E-state index contributed by atoms with van der Waals surface area (Å²) in [4.78, 5) is 0.0722. The molecule has 0 bridgehead atoms. The number of nitrogens with two attached hydrogens (primary N) is 1. The molecule has 27 heavy (non-hydrogen) atoms. The van der Waals surface area contributed by atoms with Crippen LogP contribution in [0.25, 0.3) is 28.2 Å². The molecule has 0 saturated carbocycles. The van der Waals surface area contributed by atoms with E-state index in [1.165, 1.54) is 12.1 Å². The van der Waals surface area contributed by atoms with Crippen LogP contribution in [0.4, 0.5) is 0 Å². The lowest BCUT2D eigenvalue weighted by atomic mass is 10.1. The largest absolute Gasteiger partial charge is 0.238 e. The molecule has 2 N–H and O–H groups in total. The van der Waals surface area contributed by atoms with Crippen molar-refractivity contribution in [2.45, 2.75) is 4.90 Å². The van der Waals surface area contributed by atoms with Gasteiger partial charge in [0.05, 0.1) is 22.0 Å². The molecular formula is C21H17N3O2S. The maximum atomic E-state index is 11.5. The van der Waals surface area contributed by atoms with Crippen molar-refractivity contribution < 1.29 is 8.42 Å². The quantitative estimate of drug-likeness (QED) is 0.588. The number of benzene rings is 3. The predicted molar refractivity (Wildman–Crippen MR) is 106 cm³/mol. The minimum atomic E-state index is -3.73. The number of aromatic nitrogens is 2. The van der Waals surface area contributed by atoms with E-state index < -0.39 is 10.0 Å². The minimum Gasteiger partial charge on any atom is -0.232 e. The van der Waals surface area contributed by atoms with Crippen molar-refractivity contribution in [1.82, 2.24) is 9.78 Å². The summed E-state index contributed by atoms with van der Waals surface area (Å²) in [6.45, 7) is 0. The van der Waals surface area contributed by atoms with Gasteiger partial charge in [0.25, 0.3) is 0 Å². The van der Waals surface area contributed by atoms with Gasteiger partial charge in [0.1, 0.15) is 0 Å². The van der Waals surface area contributed by atoms with E-state index >= 15 is 0 Å². The Balaban J connectivity index is 1.87. The van der Waals surface area contributed by atoms with Crippen molar-refractivity contribution in [1.29, 1.82) is 0 Å². The Morgan fingerprint density at radius 1 is 0.741 bits per heavy atom. The molecule has 0 amide bonds. The lowest BCUT2D eigenvalue weighted by molar-refractivity contribution is 0.598. The smallest absolute Gasteiger partial charge is 0.232 e. The third-order valence-corrected chi connectivity index (χ3v) is 5.19. The van der Waals surface area contributed by atoms with Crippen LogP contribution in [0.3, 0.4) is 0 Å². The van der Waals surface area contributed by atoms with Gasteiger partial charge in [-0.2, -0.15) is 5.10 Å². The third-order valence-electron chi connectivity index (χ3n) is 4.26. The summed E-state index contributed by atoms with van der Waals surface area (Å²) in [5, 5.41) is 9.95. The van der Waals surface area contributed by atoms with E-state index in [2.05, 4.69) is 0 Å². The molecule has 0 aliphatic rings. The zero-order chi connectivity index (χ0) is 18.9. The number of rotatable bonds is 4. The van der Waals surface area contributed by atoms with Gasteiger partial charge in [0, 0.05) is 11.1 Å². The summed E-state index contributed by atoms with van der Waals surface area (Å²) >= 11 is 0. The van der Waals surface area contributed by atoms with E-state index in [-0.39, 0.29) is 4.90 Å². The summed E-state index contributed by atoms with van der Waals surface area (Å²) in [7, 11) is -3.73. The van der Waals surface area contributed by atoms with Crippen molar-refractivity contribution in [3.8, 4) is 28.2 Å². The Bertz CT molecular complexity index is 1170. The monoisotopic (exact) mass is 375 g/mol. The molecule has 3 aromatic carbocycles. The van der Waals surface area contributed by atoms with Crippen molar-refractivity contribution >= 4 is 10.0 Å². The molecule has 0 spiro atoms. The minimum absolute atomic E-state index is 0.0722. The maximum absolute atomic E-state index is 11.5. The molecule has 0 radical (unpaired) electrons. The summed E-state index contributed by atoms with van der Waals surface area (Å²) in [6, 6.07) is 28.3. The van der Waals surface area contributed by atoms with Crippen LogP contribution < -0.4 is 5.14 Å². The van der Waals surface area contributed by atoms with E-state index in [4.69, 9.17) is 10.2 Å². The molecule has 0 aliphatic carbocycles. The Kier molecular flexibility index (Phi) is 4.35. The highest BCUT2D eigenvalue weighted by atomic mass is 32.2. The van der Waals surface area contributed by atoms with Gasteiger partial charge >= 0.3 is 0 Å². The van der Waals surface area contributed by atoms with E-state index in [0.29, 0.717) is 0 Å². The fraction of sp³-hybridized carbons (Fsp3) is 0. The molecule has 6 heteroatoms. The Morgan fingerprint density at radius 3 is 1.85 bits per heavy atom. The molecule has 1 aromatic heterocycles. The van der Waals surface area contributed by atoms with Gasteiger partial charge < -0.3 is 0 Å². The first kappa shape index (κ1) is 17.2. The van der Waals surface area contributed by atoms with Gasteiger partial charge in [-0.05, 0) is 30.3 Å². The number of hydrogen-bond acceptors (Lipinski definition) is 3. The number of hydrogen-bond donors (Lipinski definition) is 1. The first-order valence-corrected chi connectivity index (χ1v) is 9.91. The topological polar surface area (TPSA) is 78.0 Å². The molecule has 4 aromatic rings. The van der Waals surface area contributed by atoms with Crippen LogP contribution in [-0.2, 0) is 10.0 Å². The average molecular weight is 375 g/mol. The van der Waals surface area contributed by atoms with Crippen LogP contribution in [0.1, 0.15) is 0 Å². The molecule has 0 fully saturated rings. The summed E-state index contributed by atoms with van der Waals surface area (Å²) in [5.74, 6) is 0. The van der Waals surface area contributed by atoms with Gasteiger partial charge in [0.15, 0.2) is 0 Å². The van der Waals surface area contributed by atoms with Gasteiger partial charge in [-0.25, -0.2) is 18.2 Å². The van der Waals surface area contributed by atoms with E-state index in [1.807, 2.05) is 71.4 Å². The van der Waals surface area contributed by atoms with Gasteiger partial charge in [0.2, 0.25) is 10.0 Å². The second-order valence-electron chi connectivity index (χ2n) is 6.10. The zero-order valence-corrected chi connectivity index (χ0v) is 15.2. The summed E-state index contributed by atoms with van der Waals surface area (Å²) < 4.78 is 24.8. The molecule has 1 heterocycles. The standard InChI is InChI=1S/C21H17N3O2S/c22-27(25,26)19-13-11-18(12-14-19)24-21(17-9-5-2-6-10-17)15-20(23-24)16-7-3-1-4-8-16/h1-15H,(H2,22,25,26). The molecule has 4 rings (SSSR count). The predicted octanol–water partition coefficient (Wildman–Crippen LogP) is 3.85. The van der Waals surface area contributed by atoms with Crippen LogP contribution in [-0.4, -0.2) is 18.2 Å². The van der Waals surface area contributed by atoms with Crippen LogP contribution in [0.5, 0.6) is 0 Å². The Labute approximate surface area is 157 Å². The number of sulfonamides is 1. The highest BCUT2D eigenvalue weighted by Gasteiger charge is 2.14. The molecule has 0 saturated heterocycles. The zero-order valence-electron chi connectivity index (χ0n) is 14.4. The number of nitrogens with zero attached hydrogens (tertiary/aromatic N) is 2. The molecule has 5 nitrogen and oxygen atoms in total. The van der Waals surface area contributed by atoms with Crippen LogP contribution in [0.2, 0.25) is 0 Å². The maximum Gasteiger partial charge on any atom is 0.238 e. The van der Waals surface area contributed by atoms with E-state index in [1.54, 1.807) is 12.1 Å². The third kappa shape index (κ3) is 3.53. The second-order valence-corrected chi connectivity index (χ2v) is 7.66. The lowest BCUT2D eigenvalue weighted by Crippen LogP contribution is -2.12. The fourth-order valence-electron chi connectivity index (χ4n) is 2.92. The highest BCUT2D eigenvalue weighted by Crippen LogP contribution is 2.28. The van der Waals surface area contributed by atoms with Crippen LogP contribution in [0.15, 0.2) is 95.9 Å². The van der Waals surface area contributed by atoms with Gasteiger partial charge in [-0.3, -0.25) is 0 Å². The Morgan fingerprint density at radius 2 is 1.30 bits per heavy atom. The summed E-state index contributed by atoms with van der Waals surface area (Å²) in [6.07, 6.45) is 0. The van der Waals surface area contributed by atoms with Crippen molar-refractivity contribution in [2.24, 2.45) is 5.14 Å². The molecule has 0 aliphatic heterocycles. The normalized spacial score (nSPS) is 11.4. The van der Waals surface area contributed by atoms with E-state index in [9.17, 15) is 8.42 Å². The molecule has 0 atom stereocenters. The molecular weight excluding hydrogens is 358 g/mol. The molecule has 0 unspecified atom stereocenters. The van der Waals surface area contributed by atoms with Crippen LogP contribution in [0, 0.1) is 0 Å². The first-order chi connectivity index (χ1) is 13.0. The fourth-order valence-corrected chi connectivity index (χ4v) is 3.43. The average Bonchev–Trinajstić information content (AvgIpc) is 3.14.